The summed E-state index contributed by atoms with van der Waals surface area (Å²) in [5.41, 5.74) is 2.08. The Labute approximate surface area is 140 Å². The van der Waals surface area contributed by atoms with Crippen molar-refractivity contribution in [2.75, 3.05) is 14.1 Å². The van der Waals surface area contributed by atoms with Crippen molar-refractivity contribution in [3.8, 4) is 6.07 Å². The maximum absolute atomic E-state index is 12.9. The zero-order valence-electron chi connectivity index (χ0n) is 13.6. The van der Waals surface area contributed by atoms with E-state index in [0.717, 1.165) is 17.1 Å². The fraction of sp³-hybridized carbons (Fsp3) is 0.375. The fourth-order valence-corrected chi connectivity index (χ4v) is 2.93. The third-order valence-corrected chi connectivity index (χ3v) is 4.16. The number of carbonyl (C=O) groups is 1. The molecule has 1 amide bonds. The van der Waals surface area contributed by atoms with Gasteiger partial charge in [-0.2, -0.15) is 5.26 Å². The number of amides is 1. The fourth-order valence-electron chi connectivity index (χ4n) is 2.16. The molecule has 0 saturated carbocycles. The van der Waals surface area contributed by atoms with E-state index in [1.165, 1.54) is 0 Å². The number of hydrogen-bond donors (Lipinski definition) is 0. The SMILES string of the molecule is CC(C)c1nnsc1C(=O)N(Cc1ccccc1C#N)N(C)C. The van der Waals surface area contributed by atoms with Crippen LogP contribution in [0.15, 0.2) is 24.3 Å². The van der Waals surface area contributed by atoms with E-state index in [1.54, 1.807) is 30.2 Å². The lowest BCUT2D eigenvalue weighted by Gasteiger charge is -2.29. The van der Waals surface area contributed by atoms with Crippen molar-refractivity contribution in [1.82, 2.24) is 19.6 Å². The van der Waals surface area contributed by atoms with Gasteiger partial charge in [0.1, 0.15) is 4.88 Å². The maximum Gasteiger partial charge on any atom is 0.282 e. The second kappa shape index (κ2) is 7.31. The molecule has 0 spiro atoms. The zero-order chi connectivity index (χ0) is 17.0. The first-order chi connectivity index (χ1) is 11.0. The van der Waals surface area contributed by atoms with Crippen LogP contribution in [-0.4, -0.2) is 39.6 Å². The summed E-state index contributed by atoms with van der Waals surface area (Å²) >= 11 is 1.11. The molecule has 0 aliphatic rings. The predicted octanol–water partition coefficient (Wildman–Crippen LogP) is 2.65. The molecule has 0 fully saturated rings. The van der Waals surface area contributed by atoms with Crippen molar-refractivity contribution >= 4 is 17.4 Å². The highest BCUT2D eigenvalue weighted by molar-refractivity contribution is 7.08. The summed E-state index contributed by atoms with van der Waals surface area (Å²) in [6.07, 6.45) is 0. The van der Waals surface area contributed by atoms with Gasteiger partial charge in [0.2, 0.25) is 0 Å². The molecule has 0 unspecified atom stereocenters. The molecule has 1 aromatic heterocycles. The minimum atomic E-state index is -0.151. The molecule has 0 N–H and O–H groups in total. The topological polar surface area (TPSA) is 73.1 Å². The van der Waals surface area contributed by atoms with E-state index >= 15 is 0 Å². The highest BCUT2D eigenvalue weighted by Gasteiger charge is 2.26. The lowest BCUT2D eigenvalue weighted by atomic mass is 10.1. The highest BCUT2D eigenvalue weighted by atomic mass is 32.1. The van der Waals surface area contributed by atoms with Crippen molar-refractivity contribution in [3.63, 3.8) is 0 Å². The van der Waals surface area contributed by atoms with Gasteiger partial charge in [-0.3, -0.25) is 9.80 Å². The molecule has 2 rings (SSSR count). The predicted molar refractivity (Wildman–Crippen MR) is 88.7 cm³/mol. The molecule has 2 aromatic rings. The van der Waals surface area contributed by atoms with E-state index in [2.05, 4.69) is 15.7 Å². The van der Waals surface area contributed by atoms with Crippen molar-refractivity contribution in [2.24, 2.45) is 0 Å². The van der Waals surface area contributed by atoms with Crippen LogP contribution in [0.5, 0.6) is 0 Å². The van der Waals surface area contributed by atoms with Gasteiger partial charge in [0, 0.05) is 14.1 Å². The summed E-state index contributed by atoms with van der Waals surface area (Å²) in [6.45, 7) is 4.29. The van der Waals surface area contributed by atoms with Crippen LogP contribution in [0.3, 0.4) is 0 Å². The van der Waals surface area contributed by atoms with E-state index < -0.39 is 0 Å². The molecule has 0 aliphatic heterocycles. The average molecular weight is 329 g/mol. The Bertz CT molecular complexity index is 732. The molecule has 0 bridgehead atoms. The van der Waals surface area contributed by atoms with Crippen LogP contribution in [0.4, 0.5) is 0 Å². The lowest BCUT2D eigenvalue weighted by molar-refractivity contribution is 0.0158. The van der Waals surface area contributed by atoms with Gasteiger partial charge >= 0.3 is 0 Å². The summed E-state index contributed by atoms with van der Waals surface area (Å²) in [6, 6.07) is 9.45. The Morgan fingerprint density at radius 3 is 2.65 bits per heavy atom. The summed E-state index contributed by atoms with van der Waals surface area (Å²) in [4.78, 5) is 13.5. The minimum Gasteiger partial charge on any atom is -0.267 e. The summed E-state index contributed by atoms with van der Waals surface area (Å²) in [7, 11) is 3.60. The van der Waals surface area contributed by atoms with Crippen molar-refractivity contribution in [1.29, 1.82) is 5.26 Å². The molecule has 0 atom stereocenters. The van der Waals surface area contributed by atoms with Crippen LogP contribution < -0.4 is 0 Å². The van der Waals surface area contributed by atoms with E-state index in [4.69, 9.17) is 0 Å². The molecular weight excluding hydrogens is 310 g/mol. The lowest BCUT2D eigenvalue weighted by Crippen LogP contribution is -2.41. The molecule has 0 radical (unpaired) electrons. The molecule has 120 valence electrons. The Hall–Kier alpha value is -2.30. The van der Waals surface area contributed by atoms with Crippen molar-refractivity contribution in [3.05, 3.63) is 46.0 Å². The number of hydrazine groups is 1. The Morgan fingerprint density at radius 2 is 2.04 bits per heavy atom. The van der Waals surface area contributed by atoms with E-state index in [-0.39, 0.29) is 11.8 Å². The Kier molecular flexibility index (Phi) is 5.42. The number of nitrogens with zero attached hydrogens (tertiary/aromatic N) is 5. The second-order valence-electron chi connectivity index (χ2n) is 5.62. The number of carbonyl (C=O) groups excluding carboxylic acids is 1. The van der Waals surface area contributed by atoms with Crippen LogP contribution >= 0.6 is 11.5 Å². The quantitative estimate of drug-likeness (QED) is 0.789. The van der Waals surface area contributed by atoms with Gasteiger partial charge in [-0.1, -0.05) is 36.5 Å². The van der Waals surface area contributed by atoms with E-state index in [1.807, 2.05) is 32.0 Å². The standard InChI is InChI=1S/C16H19N5OS/c1-11(2)14-15(23-19-18-14)16(22)21(20(3)4)10-13-8-6-5-7-12(13)9-17/h5-8,11H,10H2,1-4H3. The zero-order valence-corrected chi connectivity index (χ0v) is 14.5. The number of hydrogen-bond acceptors (Lipinski definition) is 6. The molecular formula is C16H19N5OS. The van der Waals surface area contributed by atoms with Crippen LogP contribution in [0.25, 0.3) is 0 Å². The highest BCUT2D eigenvalue weighted by Crippen LogP contribution is 2.23. The van der Waals surface area contributed by atoms with Gasteiger partial charge in [-0.05, 0) is 29.1 Å². The molecule has 6 nitrogen and oxygen atoms in total. The molecule has 0 aliphatic carbocycles. The number of benzene rings is 1. The maximum atomic E-state index is 12.9. The molecule has 7 heteroatoms. The Morgan fingerprint density at radius 1 is 1.35 bits per heavy atom. The third kappa shape index (κ3) is 3.73. The first-order valence-electron chi connectivity index (χ1n) is 7.25. The summed E-state index contributed by atoms with van der Waals surface area (Å²) in [5.74, 6) is -0.0236. The smallest absolute Gasteiger partial charge is 0.267 e. The van der Waals surface area contributed by atoms with Crippen LogP contribution in [-0.2, 0) is 6.54 Å². The van der Waals surface area contributed by atoms with Crippen molar-refractivity contribution in [2.45, 2.75) is 26.3 Å². The van der Waals surface area contributed by atoms with Gasteiger partial charge in [-0.15, -0.1) is 5.10 Å². The normalized spacial score (nSPS) is 10.8. The minimum absolute atomic E-state index is 0.128. The summed E-state index contributed by atoms with van der Waals surface area (Å²) in [5, 5.41) is 16.6. The van der Waals surface area contributed by atoms with Crippen molar-refractivity contribution < 1.29 is 4.79 Å². The Balaban J connectivity index is 2.34. The average Bonchev–Trinajstić information content (AvgIpc) is 3.01. The van der Waals surface area contributed by atoms with Gasteiger partial charge in [0.25, 0.3) is 5.91 Å². The molecule has 0 saturated heterocycles. The molecule has 23 heavy (non-hydrogen) atoms. The first kappa shape index (κ1) is 17.1. The van der Waals surface area contributed by atoms with Crippen LogP contribution in [0.1, 0.15) is 46.3 Å². The second-order valence-corrected chi connectivity index (χ2v) is 6.38. The van der Waals surface area contributed by atoms with Crippen LogP contribution in [0.2, 0.25) is 0 Å². The monoisotopic (exact) mass is 329 g/mol. The molecule has 1 heterocycles. The number of rotatable bonds is 5. The number of aromatic nitrogens is 2. The van der Waals surface area contributed by atoms with E-state index in [9.17, 15) is 10.1 Å². The third-order valence-electron chi connectivity index (χ3n) is 3.43. The first-order valence-corrected chi connectivity index (χ1v) is 8.02. The largest absolute Gasteiger partial charge is 0.282 e. The molecule has 1 aromatic carbocycles. The van der Waals surface area contributed by atoms with Gasteiger partial charge < -0.3 is 0 Å². The van der Waals surface area contributed by atoms with Gasteiger partial charge in [0.15, 0.2) is 0 Å². The van der Waals surface area contributed by atoms with Gasteiger partial charge in [-0.25, -0.2) is 5.01 Å². The summed E-state index contributed by atoms with van der Waals surface area (Å²) < 4.78 is 3.92. The van der Waals surface area contributed by atoms with Crippen LogP contribution in [0, 0.1) is 11.3 Å². The van der Waals surface area contributed by atoms with Gasteiger partial charge in [0.05, 0.1) is 23.9 Å². The van der Waals surface area contributed by atoms with E-state index in [0.29, 0.717) is 22.7 Å². The number of nitriles is 1.